The summed E-state index contributed by atoms with van der Waals surface area (Å²) in [4.78, 5) is 23.7. The first-order valence-electron chi connectivity index (χ1n) is 7.93. The van der Waals surface area contributed by atoms with Crippen LogP contribution in [0.4, 0.5) is 14.6 Å². The number of nitrogens with zero attached hydrogens (tertiary/aromatic N) is 3. The summed E-state index contributed by atoms with van der Waals surface area (Å²) in [5.74, 6) is -1.74. The number of nitrogens with one attached hydrogen (secondary N) is 2. The van der Waals surface area contributed by atoms with E-state index in [9.17, 15) is 18.4 Å². The summed E-state index contributed by atoms with van der Waals surface area (Å²) in [6, 6.07) is 3.50. The smallest absolute Gasteiger partial charge is 0.242 e. The van der Waals surface area contributed by atoms with Crippen molar-refractivity contribution in [3.05, 3.63) is 41.6 Å². The number of rotatable bonds is 6. The van der Waals surface area contributed by atoms with Crippen LogP contribution in [0.1, 0.15) is 24.8 Å². The summed E-state index contributed by atoms with van der Waals surface area (Å²) in [6.45, 7) is -0.445. The van der Waals surface area contributed by atoms with Gasteiger partial charge in [-0.3, -0.25) is 9.59 Å². The van der Waals surface area contributed by atoms with Gasteiger partial charge in [-0.25, -0.2) is 13.5 Å². The van der Waals surface area contributed by atoms with Crippen molar-refractivity contribution in [2.45, 2.75) is 32.4 Å². The largest absolute Gasteiger partial charge is 0.350 e. The van der Waals surface area contributed by atoms with Crippen LogP contribution in [0.5, 0.6) is 0 Å². The second-order valence-corrected chi connectivity index (χ2v) is 5.90. The minimum Gasteiger partial charge on any atom is -0.350 e. The van der Waals surface area contributed by atoms with Gasteiger partial charge in [-0.05, 0) is 25.0 Å². The van der Waals surface area contributed by atoms with E-state index in [2.05, 4.69) is 20.9 Å². The van der Waals surface area contributed by atoms with E-state index in [4.69, 9.17) is 0 Å². The molecule has 1 saturated carbocycles. The van der Waals surface area contributed by atoms with Gasteiger partial charge in [0.05, 0.1) is 6.20 Å². The molecule has 3 rings (SSSR count). The zero-order chi connectivity index (χ0) is 17.8. The highest BCUT2D eigenvalue weighted by atomic mass is 19.1. The van der Waals surface area contributed by atoms with Gasteiger partial charge in [0.15, 0.2) is 5.82 Å². The average Bonchev–Trinajstić information content (AvgIpc) is 2.91. The second-order valence-electron chi connectivity index (χ2n) is 5.90. The van der Waals surface area contributed by atoms with Crippen LogP contribution in [0.25, 0.3) is 0 Å². The van der Waals surface area contributed by atoms with Crippen LogP contribution >= 0.6 is 0 Å². The van der Waals surface area contributed by atoms with Crippen molar-refractivity contribution >= 4 is 17.6 Å². The molecule has 0 aliphatic heterocycles. The molecule has 25 heavy (non-hydrogen) atoms. The van der Waals surface area contributed by atoms with Gasteiger partial charge < -0.3 is 10.6 Å². The first-order chi connectivity index (χ1) is 12.0. The Kier molecular flexibility index (Phi) is 5.01. The van der Waals surface area contributed by atoms with E-state index in [1.807, 2.05) is 0 Å². The maximum Gasteiger partial charge on any atom is 0.242 e. The number of aromatic nitrogens is 3. The van der Waals surface area contributed by atoms with Crippen molar-refractivity contribution < 1.29 is 18.4 Å². The van der Waals surface area contributed by atoms with Crippen LogP contribution in [-0.2, 0) is 22.7 Å². The molecule has 1 fully saturated rings. The summed E-state index contributed by atoms with van der Waals surface area (Å²) >= 11 is 0. The lowest BCUT2D eigenvalue weighted by Gasteiger charge is -2.23. The molecule has 132 valence electrons. The zero-order valence-corrected chi connectivity index (χ0v) is 13.3. The minimum absolute atomic E-state index is 0.0177. The Morgan fingerprint density at radius 3 is 2.60 bits per heavy atom. The number of anilines is 1. The molecule has 7 nitrogen and oxygen atoms in total. The molecule has 0 atom stereocenters. The van der Waals surface area contributed by atoms with Gasteiger partial charge in [-0.1, -0.05) is 17.7 Å². The van der Waals surface area contributed by atoms with Gasteiger partial charge in [0, 0.05) is 18.0 Å². The highest BCUT2D eigenvalue weighted by Gasteiger charge is 2.25. The molecule has 0 bridgehead atoms. The highest BCUT2D eigenvalue weighted by Crippen LogP contribution is 2.27. The van der Waals surface area contributed by atoms with Crippen molar-refractivity contribution in [3.8, 4) is 0 Å². The number of benzene rings is 1. The van der Waals surface area contributed by atoms with Gasteiger partial charge in [-0.15, -0.1) is 5.10 Å². The van der Waals surface area contributed by atoms with Crippen molar-refractivity contribution in [2.75, 3.05) is 5.32 Å². The van der Waals surface area contributed by atoms with E-state index in [1.54, 1.807) is 0 Å². The van der Waals surface area contributed by atoms with Gasteiger partial charge in [0.1, 0.15) is 18.2 Å². The Bertz CT molecular complexity index is 768. The molecule has 1 aromatic heterocycles. The quantitative estimate of drug-likeness (QED) is 0.829. The molecular formula is C16H17F2N5O2. The number of carbonyl (C=O) groups is 2. The van der Waals surface area contributed by atoms with Gasteiger partial charge in [0.2, 0.25) is 11.8 Å². The lowest BCUT2D eigenvalue weighted by Crippen LogP contribution is -2.28. The molecule has 0 unspecified atom stereocenters. The van der Waals surface area contributed by atoms with Crippen LogP contribution in [0, 0.1) is 17.6 Å². The molecule has 0 radical (unpaired) electrons. The fourth-order valence-corrected chi connectivity index (χ4v) is 2.42. The third-order valence-corrected chi connectivity index (χ3v) is 4.10. The Balaban J connectivity index is 1.50. The molecule has 1 aliphatic rings. The molecule has 9 heteroatoms. The molecule has 0 saturated heterocycles. The molecule has 2 aromatic rings. The average molecular weight is 349 g/mol. The van der Waals surface area contributed by atoms with E-state index >= 15 is 0 Å². The van der Waals surface area contributed by atoms with E-state index in [0.717, 1.165) is 31.4 Å². The molecular weight excluding hydrogens is 332 g/mol. The molecule has 2 amide bonds. The monoisotopic (exact) mass is 349 g/mol. The Morgan fingerprint density at radius 1 is 1.24 bits per heavy atom. The van der Waals surface area contributed by atoms with Gasteiger partial charge >= 0.3 is 0 Å². The van der Waals surface area contributed by atoms with Crippen LogP contribution in [0.15, 0.2) is 24.4 Å². The van der Waals surface area contributed by atoms with E-state index in [0.29, 0.717) is 0 Å². The molecule has 1 aliphatic carbocycles. The fraction of sp³-hybridized carbons (Fsp3) is 0.375. The van der Waals surface area contributed by atoms with E-state index in [1.165, 1.54) is 16.9 Å². The second kappa shape index (κ2) is 7.37. The molecule has 1 aromatic carbocycles. The third kappa shape index (κ3) is 4.17. The summed E-state index contributed by atoms with van der Waals surface area (Å²) in [6.07, 6.45) is 4.22. The first-order valence-corrected chi connectivity index (χ1v) is 7.93. The van der Waals surface area contributed by atoms with Crippen molar-refractivity contribution in [2.24, 2.45) is 5.92 Å². The number of halogens is 2. The van der Waals surface area contributed by atoms with Crippen LogP contribution in [0.2, 0.25) is 0 Å². The van der Waals surface area contributed by atoms with Gasteiger partial charge in [-0.2, -0.15) is 0 Å². The van der Waals surface area contributed by atoms with Crippen LogP contribution < -0.4 is 10.6 Å². The standard InChI is InChI=1S/C16H17F2N5O2/c17-12-5-2-6-13(18)11(12)7-19-15(24)9-23-8-14(21-22-23)20-16(25)10-3-1-4-10/h2,5-6,8,10H,1,3-4,7,9H2,(H,19,24)(H,20,25). The summed E-state index contributed by atoms with van der Waals surface area (Å²) in [5, 5.41) is 12.6. The topological polar surface area (TPSA) is 88.9 Å². The SMILES string of the molecule is O=C(Cn1cc(NC(=O)C2CCC2)nn1)NCc1c(F)cccc1F. The van der Waals surface area contributed by atoms with Crippen molar-refractivity contribution in [3.63, 3.8) is 0 Å². The maximum absolute atomic E-state index is 13.5. The Labute approximate surface area is 142 Å². The number of amides is 2. The van der Waals surface area contributed by atoms with E-state index < -0.39 is 17.5 Å². The third-order valence-electron chi connectivity index (χ3n) is 4.10. The molecule has 1 heterocycles. The maximum atomic E-state index is 13.5. The number of hydrogen-bond acceptors (Lipinski definition) is 4. The van der Waals surface area contributed by atoms with Crippen LogP contribution in [0.3, 0.4) is 0 Å². The normalized spacial score (nSPS) is 14.0. The lowest BCUT2D eigenvalue weighted by molar-refractivity contribution is -0.122. The predicted molar refractivity (Wildman–Crippen MR) is 84.2 cm³/mol. The number of carbonyl (C=O) groups excluding carboxylic acids is 2. The van der Waals surface area contributed by atoms with Crippen LogP contribution in [-0.4, -0.2) is 26.8 Å². The molecule has 0 spiro atoms. The van der Waals surface area contributed by atoms with Gasteiger partial charge in [0.25, 0.3) is 0 Å². The lowest BCUT2D eigenvalue weighted by atomic mass is 9.85. The summed E-state index contributed by atoms with van der Waals surface area (Å²) < 4.78 is 28.2. The first kappa shape index (κ1) is 17.0. The Morgan fingerprint density at radius 2 is 1.96 bits per heavy atom. The summed E-state index contributed by atoms with van der Waals surface area (Å²) in [7, 11) is 0. The fourth-order valence-electron chi connectivity index (χ4n) is 2.42. The summed E-state index contributed by atoms with van der Waals surface area (Å²) in [5.41, 5.74) is -0.206. The van der Waals surface area contributed by atoms with Crippen molar-refractivity contribution in [1.29, 1.82) is 0 Å². The highest BCUT2D eigenvalue weighted by molar-refractivity contribution is 5.92. The zero-order valence-electron chi connectivity index (χ0n) is 13.3. The molecule has 2 N–H and O–H groups in total. The van der Waals surface area contributed by atoms with E-state index in [-0.39, 0.29) is 36.3 Å². The Hall–Kier alpha value is -2.84. The number of hydrogen-bond donors (Lipinski definition) is 2. The predicted octanol–water partition coefficient (Wildman–Crippen LogP) is 1.61. The van der Waals surface area contributed by atoms with Crippen molar-refractivity contribution in [1.82, 2.24) is 20.3 Å². The minimum atomic E-state index is -0.720.